The maximum Gasteiger partial charge on any atom is 0 e. The Morgan fingerprint density at radius 1 is 0.535 bits per heavy atom. The van der Waals surface area contributed by atoms with E-state index in [2.05, 4.69) is 132 Å². The SMILES string of the molecule is CCCCCC.Cc1cc2c(C(C)C)cc(C(C)C)cc2[cH-]1.Cc1cc2c(C(C)C)cc(C(C)C)cc2[cH-]1.Cl.Cl.[CH3-].[Hf].[Si]. The van der Waals surface area contributed by atoms with Crippen LogP contribution in [0.5, 0.6) is 0 Å². The first-order chi connectivity index (χ1) is 17.9. The number of aryl methyl sites for hydroxylation is 2. The molecule has 242 valence electrons. The third kappa shape index (κ3) is 14.5. The molecule has 0 bridgehead atoms. The second kappa shape index (κ2) is 23.6. The van der Waals surface area contributed by atoms with Gasteiger partial charge in [0.05, 0.1) is 0 Å². The number of benzene rings is 2. The molecule has 0 fully saturated rings. The number of hydrogen-bond acceptors (Lipinski definition) is 0. The van der Waals surface area contributed by atoms with Crippen molar-refractivity contribution in [3.05, 3.63) is 89.3 Å². The van der Waals surface area contributed by atoms with E-state index in [1.807, 2.05) is 0 Å². The summed E-state index contributed by atoms with van der Waals surface area (Å²) in [5, 5.41) is 5.70. The van der Waals surface area contributed by atoms with Crippen LogP contribution >= 0.6 is 24.8 Å². The van der Waals surface area contributed by atoms with Gasteiger partial charge in [-0.15, -0.1) is 81.8 Å². The largest absolute Gasteiger partial charge is 0.358 e. The molecule has 4 aromatic carbocycles. The van der Waals surface area contributed by atoms with Crippen molar-refractivity contribution in [3.8, 4) is 0 Å². The van der Waals surface area contributed by atoms with Crippen molar-refractivity contribution in [1.29, 1.82) is 0 Å². The minimum atomic E-state index is 0. The van der Waals surface area contributed by atoms with Gasteiger partial charge in [-0.3, -0.25) is 0 Å². The molecule has 0 atom stereocenters. The number of rotatable bonds is 7. The number of halogens is 2. The van der Waals surface area contributed by atoms with E-state index in [1.165, 1.54) is 80.6 Å². The summed E-state index contributed by atoms with van der Waals surface area (Å²) >= 11 is 0. The molecule has 0 nitrogen and oxygen atoms in total. The van der Waals surface area contributed by atoms with Crippen molar-refractivity contribution in [3.63, 3.8) is 0 Å². The molecule has 0 heterocycles. The van der Waals surface area contributed by atoms with Gasteiger partial charge in [-0.05, 0) is 23.7 Å². The van der Waals surface area contributed by atoms with Gasteiger partial charge in [0.2, 0.25) is 0 Å². The molecule has 4 aromatic rings. The van der Waals surface area contributed by atoms with Crippen molar-refractivity contribution in [2.45, 2.75) is 132 Å². The maximum atomic E-state index is 2.39. The summed E-state index contributed by atoms with van der Waals surface area (Å²) in [4.78, 5) is 0. The van der Waals surface area contributed by atoms with Gasteiger partial charge in [-0.2, -0.15) is 12.1 Å². The Morgan fingerprint density at radius 2 is 0.837 bits per heavy atom. The van der Waals surface area contributed by atoms with Crippen LogP contribution in [-0.4, -0.2) is 11.0 Å². The first kappa shape index (κ1) is 49.2. The van der Waals surface area contributed by atoms with Crippen LogP contribution in [0.3, 0.4) is 0 Å². The van der Waals surface area contributed by atoms with Crippen LogP contribution in [0.2, 0.25) is 0 Å². The molecule has 0 aromatic heterocycles. The van der Waals surface area contributed by atoms with E-state index in [-0.39, 0.29) is 69.0 Å². The first-order valence-electron chi connectivity index (χ1n) is 15.3. The van der Waals surface area contributed by atoms with Crippen molar-refractivity contribution < 1.29 is 25.8 Å². The van der Waals surface area contributed by atoms with Crippen LogP contribution in [0.25, 0.3) is 21.5 Å². The van der Waals surface area contributed by atoms with Crippen molar-refractivity contribution >= 4 is 57.3 Å². The summed E-state index contributed by atoms with van der Waals surface area (Å²) in [6, 6.07) is 18.7. The fourth-order valence-electron chi connectivity index (χ4n) is 5.17. The summed E-state index contributed by atoms with van der Waals surface area (Å²) in [6.07, 6.45) is 5.54. The summed E-state index contributed by atoms with van der Waals surface area (Å²) in [5.41, 5.74) is 8.66. The van der Waals surface area contributed by atoms with Crippen LogP contribution in [-0.2, 0) is 25.8 Å². The molecule has 0 aliphatic rings. The molecule has 0 saturated carbocycles. The average molecular weight is 807 g/mol. The van der Waals surface area contributed by atoms with Crippen molar-refractivity contribution in [2.75, 3.05) is 0 Å². The van der Waals surface area contributed by atoms with Crippen LogP contribution in [0.15, 0.2) is 48.5 Å². The maximum absolute atomic E-state index is 2.39. The molecule has 0 aliphatic heterocycles. The second-order valence-corrected chi connectivity index (χ2v) is 12.6. The van der Waals surface area contributed by atoms with E-state index >= 15 is 0 Å². The van der Waals surface area contributed by atoms with Gasteiger partial charge in [0.1, 0.15) is 0 Å². The molecule has 0 amide bonds. The zero-order valence-corrected chi connectivity index (χ0v) is 35.8. The molecule has 0 spiro atoms. The van der Waals surface area contributed by atoms with Crippen LogP contribution in [0, 0.1) is 21.3 Å². The molecule has 4 radical (unpaired) electrons. The Bertz CT molecular complexity index is 1180. The van der Waals surface area contributed by atoms with Gasteiger partial charge in [0.25, 0.3) is 0 Å². The quantitative estimate of drug-likeness (QED) is 0.0991. The van der Waals surface area contributed by atoms with Gasteiger partial charge >= 0.3 is 0 Å². The fourth-order valence-corrected chi connectivity index (χ4v) is 5.17. The molecular weight excluding hydrogens is 746 g/mol. The summed E-state index contributed by atoms with van der Waals surface area (Å²) < 4.78 is 0. The van der Waals surface area contributed by atoms with Crippen LogP contribution in [0.1, 0.15) is 152 Å². The normalized spacial score (nSPS) is 10.1. The van der Waals surface area contributed by atoms with Gasteiger partial charge in [-0.25, -0.2) is 0 Å². The summed E-state index contributed by atoms with van der Waals surface area (Å²) in [6.45, 7) is 27.0. The molecule has 43 heavy (non-hydrogen) atoms. The number of fused-ring (bicyclic) bond motifs is 2. The molecule has 4 heteroatoms. The fraction of sp³-hybridized carbons (Fsp3) is 0.513. The second-order valence-electron chi connectivity index (χ2n) is 12.6. The molecule has 0 saturated heterocycles. The zero-order chi connectivity index (χ0) is 28.6. The van der Waals surface area contributed by atoms with E-state index in [0.29, 0.717) is 23.7 Å². The predicted molar refractivity (Wildman–Crippen MR) is 201 cm³/mol. The van der Waals surface area contributed by atoms with E-state index in [0.717, 1.165) is 0 Å². The summed E-state index contributed by atoms with van der Waals surface area (Å²) in [5.74, 6) is 2.42. The van der Waals surface area contributed by atoms with Gasteiger partial charge in [0.15, 0.2) is 0 Å². The van der Waals surface area contributed by atoms with Crippen molar-refractivity contribution in [2.24, 2.45) is 0 Å². The Labute approximate surface area is 302 Å². The van der Waals surface area contributed by atoms with E-state index in [4.69, 9.17) is 0 Å². The minimum absolute atomic E-state index is 0. The molecule has 0 N–H and O–H groups in total. The number of unbranched alkanes of at least 4 members (excludes halogenated alkanes) is 3. The number of hydrogen-bond donors (Lipinski definition) is 0. The molecule has 0 unspecified atom stereocenters. The standard InChI is InChI=1S/2C16H21.C6H14.CH3.2ClH.Hf.Si/c2*1-10(2)13-8-14-6-12(5)7-16(14)15(9-13)11(3)4;1-3-5-6-4-2;;;;;/h2*6-11H,1-5H3;3-6H2,1-2H3;1H3;2*1H;;/q2*-1;;-1;;;;. The van der Waals surface area contributed by atoms with Gasteiger partial charge in [-0.1, -0.05) is 143 Å². The summed E-state index contributed by atoms with van der Waals surface area (Å²) in [7, 11) is 0. The van der Waals surface area contributed by atoms with Crippen LogP contribution < -0.4 is 0 Å². The van der Waals surface area contributed by atoms with Crippen molar-refractivity contribution in [1.82, 2.24) is 0 Å². The Morgan fingerprint density at radius 3 is 1.07 bits per heavy atom. The third-order valence-corrected chi connectivity index (χ3v) is 7.58. The third-order valence-electron chi connectivity index (χ3n) is 7.58. The average Bonchev–Trinajstić information content (AvgIpc) is 3.42. The van der Waals surface area contributed by atoms with E-state index in [9.17, 15) is 0 Å². The van der Waals surface area contributed by atoms with Crippen LogP contribution in [0.4, 0.5) is 0 Å². The van der Waals surface area contributed by atoms with E-state index < -0.39 is 0 Å². The van der Waals surface area contributed by atoms with E-state index in [1.54, 1.807) is 0 Å². The topological polar surface area (TPSA) is 0 Å². The Hall–Kier alpha value is -0.673. The molecule has 0 aliphatic carbocycles. The Balaban J connectivity index is -0.000000272. The van der Waals surface area contributed by atoms with Gasteiger partial charge in [0, 0.05) is 36.8 Å². The molecular formula is C39H61Cl2HfSi-3. The Kier molecular flexibility index (Phi) is 27.0. The smallest absolute Gasteiger partial charge is 0 e. The minimum Gasteiger partial charge on any atom is -0.358 e. The molecule has 4 rings (SSSR count). The monoisotopic (exact) mass is 807 g/mol. The zero-order valence-electron chi connectivity index (χ0n) is 29.6. The first-order valence-corrected chi connectivity index (χ1v) is 15.3. The van der Waals surface area contributed by atoms with Gasteiger partial charge < -0.3 is 7.43 Å². The predicted octanol–water partition coefficient (Wildman–Crippen LogP) is 13.7.